The highest BCUT2D eigenvalue weighted by Gasteiger charge is 2.43. The number of carbonyl (C=O) groups is 1. The maximum atomic E-state index is 14.2. The number of aromatic amines is 1. The molecule has 2 aromatic heterocycles. The van der Waals surface area contributed by atoms with Crippen molar-refractivity contribution in [2.75, 3.05) is 6.54 Å². The highest BCUT2D eigenvalue weighted by atomic mass is 32.2. The molecule has 1 aromatic carbocycles. The first-order valence-corrected chi connectivity index (χ1v) is 15.4. The molecule has 4 heterocycles. The molecule has 214 valence electrons. The second kappa shape index (κ2) is 10.8. The van der Waals surface area contributed by atoms with Gasteiger partial charge in [0.1, 0.15) is 16.1 Å². The predicted octanol–water partition coefficient (Wildman–Crippen LogP) is 3.81. The van der Waals surface area contributed by atoms with E-state index in [1.54, 1.807) is 25.4 Å². The summed E-state index contributed by atoms with van der Waals surface area (Å²) < 4.78 is 30.5. The summed E-state index contributed by atoms with van der Waals surface area (Å²) in [7, 11) is -4.16. The number of rotatable bonds is 9. The second-order valence-corrected chi connectivity index (χ2v) is 12.8. The van der Waals surface area contributed by atoms with E-state index in [0.717, 1.165) is 54.3 Å². The molecule has 11 heteroatoms. The highest BCUT2D eigenvalue weighted by Crippen LogP contribution is 2.38. The van der Waals surface area contributed by atoms with Crippen LogP contribution in [0.2, 0.25) is 0 Å². The number of amides is 1. The van der Waals surface area contributed by atoms with Crippen LogP contribution in [0.15, 0.2) is 90.0 Å². The zero-order valence-corrected chi connectivity index (χ0v) is 23.7. The molecule has 0 radical (unpaired) electrons. The lowest BCUT2D eigenvalue weighted by molar-refractivity contribution is -0.126. The van der Waals surface area contributed by atoms with Gasteiger partial charge in [-0.3, -0.25) is 9.78 Å². The normalized spacial score (nSPS) is 19.6. The van der Waals surface area contributed by atoms with Crippen molar-refractivity contribution in [3.63, 3.8) is 0 Å². The van der Waals surface area contributed by atoms with E-state index in [1.165, 1.54) is 17.3 Å². The van der Waals surface area contributed by atoms with Crippen LogP contribution in [0.25, 0.3) is 10.9 Å². The first-order valence-electron chi connectivity index (χ1n) is 13.9. The number of allylic oxidation sites excluding steroid dienone is 2. The zero-order valence-electron chi connectivity index (χ0n) is 22.9. The van der Waals surface area contributed by atoms with Crippen molar-refractivity contribution in [2.24, 2.45) is 0 Å². The first-order chi connectivity index (χ1) is 19.8. The van der Waals surface area contributed by atoms with Gasteiger partial charge in [-0.2, -0.15) is 9.66 Å². The molecule has 4 N–H and O–H groups in total. The second-order valence-electron chi connectivity index (χ2n) is 11.1. The number of para-hydroxylation sites is 1. The van der Waals surface area contributed by atoms with Gasteiger partial charge in [0.05, 0.1) is 6.20 Å². The van der Waals surface area contributed by atoms with Gasteiger partial charge in [-0.25, -0.2) is 19.0 Å². The van der Waals surface area contributed by atoms with Gasteiger partial charge in [0.2, 0.25) is 15.9 Å². The average Bonchev–Trinajstić information content (AvgIpc) is 3.64. The number of aromatic nitrogens is 2. The largest absolute Gasteiger partial charge is 0.361 e. The molecule has 6 rings (SSSR count). The number of hydroxylamine groups is 3. The number of hydrogen-bond donors (Lipinski definition) is 4. The maximum absolute atomic E-state index is 14.2. The van der Waals surface area contributed by atoms with Crippen molar-refractivity contribution in [3.05, 3.63) is 101 Å². The van der Waals surface area contributed by atoms with Crippen LogP contribution in [0.4, 0.5) is 0 Å². The standard InChI is InChI=1S/C30H34N6O4S/c1-29(18-22-19-32-24-11-4-3-10-23(22)24,35-41(38,39)26-12-9-17-36-25(26)20-34-40-36)28(37)33-21-30(14-6-2-7-15-30)27-13-5-8-16-31-27/h3-5,8-13,16-17,19-20,32,34-35H,2,6-7,14-15,18,21H2,1H3,(H,33,37)/t29-/m0/s1. The minimum atomic E-state index is -4.16. The fraction of sp³-hybridized carbons (Fsp3) is 0.333. The SMILES string of the molecule is C[C@@](Cc1c[nH]c2ccccc12)(NS(=O)(=O)C1=CC=CN2ONC=C12)C(=O)NCC1(c2ccccn2)CCCCC1. The Morgan fingerprint density at radius 2 is 1.95 bits per heavy atom. The van der Waals surface area contributed by atoms with Gasteiger partial charge in [0.15, 0.2) is 0 Å². The third-order valence-corrected chi connectivity index (χ3v) is 9.92. The number of fused-ring (bicyclic) bond motifs is 2. The molecule has 0 bridgehead atoms. The van der Waals surface area contributed by atoms with Crippen LogP contribution in [0.3, 0.4) is 0 Å². The van der Waals surface area contributed by atoms with Gasteiger partial charge >= 0.3 is 0 Å². The highest BCUT2D eigenvalue weighted by molar-refractivity contribution is 7.93. The topological polar surface area (TPSA) is 128 Å². The van der Waals surface area contributed by atoms with Crippen molar-refractivity contribution in [1.82, 2.24) is 30.6 Å². The average molecular weight is 575 g/mol. The fourth-order valence-electron chi connectivity index (χ4n) is 6.11. The summed E-state index contributed by atoms with van der Waals surface area (Å²) in [5.41, 5.74) is 3.80. The molecular weight excluding hydrogens is 540 g/mol. The molecule has 0 saturated heterocycles. The predicted molar refractivity (Wildman–Crippen MR) is 156 cm³/mol. The van der Waals surface area contributed by atoms with E-state index in [4.69, 9.17) is 4.94 Å². The van der Waals surface area contributed by atoms with Crippen LogP contribution in [0, 0.1) is 0 Å². The Kier molecular flexibility index (Phi) is 7.18. The maximum Gasteiger partial charge on any atom is 0.243 e. The fourth-order valence-corrected chi connectivity index (χ4v) is 7.66. The van der Waals surface area contributed by atoms with Gasteiger partial charge < -0.3 is 10.3 Å². The van der Waals surface area contributed by atoms with E-state index in [1.807, 2.05) is 48.7 Å². The summed E-state index contributed by atoms with van der Waals surface area (Å²) in [6.45, 7) is 2.01. The van der Waals surface area contributed by atoms with Gasteiger partial charge in [0, 0.05) is 53.6 Å². The Morgan fingerprint density at radius 3 is 2.76 bits per heavy atom. The van der Waals surface area contributed by atoms with Crippen LogP contribution in [-0.4, -0.2) is 41.4 Å². The monoisotopic (exact) mass is 574 g/mol. The number of pyridine rings is 1. The molecule has 1 saturated carbocycles. The van der Waals surface area contributed by atoms with Gasteiger partial charge in [-0.15, -0.1) is 0 Å². The Morgan fingerprint density at radius 1 is 1.15 bits per heavy atom. The molecule has 1 fully saturated rings. The van der Waals surface area contributed by atoms with Gasteiger partial charge in [-0.05, 0) is 55.7 Å². The van der Waals surface area contributed by atoms with Crippen LogP contribution in [0.5, 0.6) is 0 Å². The molecule has 10 nitrogen and oxygen atoms in total. The van der Waals surface area contributed by atoms with Crippen molar-refractivity contribution >= 4 is 26.8 Å². The van der Waals surface area contributed by atoms with E-state index < -0.39 is 21.5 Å². The van der Waals surface area contributed by atoms with Crippen molar-refractivity contribution in [1.29, 1.82) is 0 Å². The quantitative estimate of drug-likeness (QED) is 0.306. The van der Waals surface area contributed by atoms with E-state index in [-0.39, 0.29) is 16.7 Å². The number of nitrogens with zero attached hydrogens (tertiary/aromatic N) is 2. The van der Waals surface area contributed by atoms with Crippen LogP contribution in [-0.2, 0) is 31.6 Å². The first kappa shape index (κ1) is 27.3. The molecule has 0 spiro atoms. The summed E-state index contributed by atoms with van der Waals surface area (Å²) >= 11 is 0. The molecule has 1 atom stereocenters. The minimum absolute atomic E-state index is 0.000174. The number of hydrogen-bond acceptors (Lipinski definition) is 7. The molecular formula is C30H34N6O4S. The molecule has 1 aliphatic carbocycles. The third-order valence-electron chi connectivity index (χ3n) is 8.28. The number of H-pyrrole nitrogens is 1. The van der Waals surface area contributed by atoms with E-state index in [9.17, 15) is 13.2 Å². The molecule has 2 aliphatic heterocycles. The summed E-state index contributed by atoms with van der Waals surface area (Å²) in [5.74, 6) is -0.397. The van der Waals surface area contributed by atoms with Crippen molar-refractivity contribution in [3.8, 4) is 0 Å². The Hall–Kier alpha value is -3.93. The zero-order chi connectivity index (χ0) is 28.5. The summed E-state index contributed by atoms with van der Waals surface area (Å²) in [6, 6.07) is 13.7. The van der Waals surface area contributed by atoms with E-state index in [2.05, 4.69) is 25.5 Å². The van der Waals surface area contributed by atoms with Crippen LogP contribution in [0.1, 0.15) is 50.3 Å². The number of sulfonamides is 1. The minimum Gasteiger partial charge on any atom is -0.361 e. The molecule has 3 aromatic rings. The van der Waals surface area contributed by atoms with Crippen LogP contribution >= 0.6 is 0 Å². The number of benzene rings is 1. The molecule has 1 amide bonds. The summed E-state index contributed by atoms with van der Waals surface area (Å²) in [5, 5.41) is 5.41. The third kappa shape index (κ3) is 5.28. The molecule has 0 unspecified atom stereocenters. The van der Waals surface area contributed by atoms with Crippen molar-refractivity contribution in [2.45, 2.75) is 56.4 Å². The smallest absolute Gasteiger partial charge is 0.243 e. The lowest BCUT2D eigenvalue weighted by Crippen LogP contribution is -2.60. The lowest BCUT2D eigenvalue weighted by atomic mass is 9.71. The number of nitrogens with one attached hydrogen (secondary N) is 4. The summed E-state index contributed by atoms with van der Waals surface area (Å²) in [6.07, 6.45) is 15.0. The lowest BCUT2D eigenvalue weighted by Gasteiger charge is -2.38. The Balaban J connectivity index is 1.32. The Bertz CT molecular complexity index is 1640. The van der Waals surface area contributed by atoms with Crippen LogP contribution < -0.4 is 15.5 Å². The Labute approximate surface area is 239 Å². The molecule has 3 aliphatic rings. The van der Waals surface area contributed by atoms with Gasteiger partial charge in [-0.1, -0.05) is 43.5 Å². The number of carbonyl (C=O) groups excluding carboxylic acids is 1. The van der Waals surface area contributed by atoms with E-state index >= 15 is 0 Å². The summed E-state index contributed by atoms with van der Waals surface area (Å²) in [4.78, 5) is 27.3. The van der Waals surface area contributed by atoms with Gasteiger partial charge in [0.25, 0.3) is 0 Å². The van der Waals surface area contributed by atoms with E-state index in [0.29, 0.717) is 12.2 Å². The van der Waals surface area contributed by atoms with Crippen molar-refractivity contribution < 1.29 is 18.2 Å². The molecule has 41 heavy (non-hydrogen) atoms.